The van der Waals surface area contributed by atoms with E-state index in [0.29, 0.717) is 27.6 Å². The van der Waals surface area contributed by atoms with Crippen LogP contribution >= 0.6 is 11.6 Å². The summed E-state index contributed by atoms with van der Waals surface area (Å²) in [5.74, 6) is 0.713. The van der Waals surface area contributed by atoms with Crippen LogP contribution in [0.1, 0.15) is 24.2 Å². The van der Waals surface area contributed by atoms with E-state index >= 15 is 0 Å². The maximum absolute atomic E-state index is 13.1. The molecule has 2 aromatic carbocycles. The number of aliphatic hydroxyl groups excluding tert-OH is 1. The third kappa shape index (κ3) is 3.25. The second-order valence-corrected chi connectivity index (χ2v) is 4.79. The van der Waals surface area contributed by atoms with Gasteiger partial charge in [0.2, 0.25) is 0 Å². The zero-order valence-electron chi connectivity index (χ0n) is 10.7. The Morgan fingerprint density at radius 1 is 1.21 bits per heavy atom. The van der Waals surface area contributed by atoms with Crippen LogP contribution in [0.3, 0.4) is 0 Å². The molecule has 0 aliphatic rings. The maximum atomic E-state index is 13.1. The first-order chi connectivity index (χ1) is 8.97. The highest BCUT2D eigenvalue weighted by Crippen LogP contribution is 2.32. The standard InChI is InChI=1S/C15H14ClFO2/c1-9-7-12(4-5-14(9)17)19-15-6-3-11(10(2)18)8-13(15)16/h3-8,10,18H,1-2H3. The minimum atomic E-state index is -0.584. The van der Waals surface area contributed by atoms with Crippen LogP contribution in [0.15, 0.2) is 36.4 Å². The Bertz CT molecular complexity index is 597. The van der Waals surface area contributed by atoms with Crippen LogP contribution in [0, 0.1) is 12.7 Å². The number of ether oxygens (including phenoxy) is 1. The molecule has 0 aliphatic carbocycles. The van der Waals surface area contributed by atoms with E-state index in [2.05, 4.69) is 0 Å². The van der Waals surface area contributed by atoms with Crippen molar-refractivity contribution in [2.24, 2.45) is 0 Å². The van der Waals surface area contributed by atoms with Crippen molar-refractivity contribution < 1.29 is 14.2 Å². The smallest absolute Gasteiger partial charge is 0.146 e. The van der Waals surface area contributed by atoms with Crippen LogP contribution < -0.4 is 4.74 Å². The third-order valence-corrected chi connectivity index (χ3v) is 3.09. The fourth-order valence-corrected chi connectivity index (χ4v) is 1.89. The predicted octanol–water partition coefficient (Wildman–Crippen LogP) is 4.63. The van der Waals surface area contributed by atoms with E-state index < -0.39 is 6.10 Å². The van der Waals surface area contributed by atoms with Crippen LogP contribution in [0.5, 0.6) is 11.5 Å². The van der Waals surface area contributed by atoms with Gasteiger partial charge in [-0.05, 0) is 55.3 Å². The van der Waals surface area contributed by atoms with E-state index in [1.54, 1.807) is 44.2 Å². The minimum Gasteiger partial charge on any atom is -0.456 e. The molecule has 0 spiro atoms. The van der Waals surface area contributed by atoms with Gasteiger partial charge in [-0.3, -0.25) is 0 Å². The van der Waals surface area contributed by atoms with E-state index in [4.69, 9.17) is 16.3 Å². The summed E-state index contributed by atoms with van der Waals surface area (Å²) < 4.78 is 18.7. The molecule has 4 heteroatoms. The zero-order valence-corrected chi connectivity index (χ0v) is 11.4. The predicted molar refractivity (Wildman–Crippen MR) is 73.3 cm³/mol. The van der Waals surface area contributed by atoms with E-state index in [1.165, 1.54) is 6.07 Å². The second kappa shape index (κ2) is 5.59. The average Bonchev–Trinajstić information content (AvgIpc) is 2.36. The molecule has 2 rings (SSSR count). The number of hydrogen-bond donors (Lipinski definition) is 1. The quantitative estimate of drug-likeness (QED) is 0.888. The molecular formula is C15H14ClFO2. The molecule has 0 saturated carbocycles. The third-order valence-electron chi connectivity index (χ3n) is 2.80. The van der Waals surface area contributed by atoms with Crippen LogP contribution in [0.25, 0.3) is 0 Å². The molecule has 2 nitrogen and oxygen atoms in total. The summed E-state index contributed by atoms with van der Waals surface area (Å²) >= 11 is 6.08. The molecule has 100 valence electrons. The Kier molecular flexibility index (Phi) is 4.08. The number of aryl methyl sites for hydroxylation is 1. The first-order valence-electron chi connectivity index (χ1n) is 5.89. The molecule has 0 bridgehead atoms. The molecule has 0 heterocycles. The van der Waals surface area contributed by atoms with Crippen molar-refractivity contribution >= 4 is 11.6 Å². The molecule has 1 unspecified atom stereocenters. The summed E-state index contributed by atoms with van der Waals surface area (Å²) in [7, 11) is 0. The van der Waals surface area contributed by atoms with Crippen molar-refractivity contribution in [3.05, 3.63) is 58.4 Å². The van der Waals surface area contributed by atoms with E-state index in [1.807, 2.05) is 0 Å². The van der Waals surface area contributed by atoms with E-state index in [-0.39, 0.29) is 5.82 Å². The Morgan fingerprint density at radius 3 is 2.53 bits per heavy atom. The second-order valence-electron chi connectivity index (χ2n) is 4.38. The van der Waals surface area contributed by atoms with Gasteiger partial charge in [-0.25, -0.2) is 4.39 Å². The van der Waals surface area contributed by atoms with Gasteiger partial charge < -0.3 is 9.84 Å². The first kappa shape index (κ1) is 13.8. The van der Waals surface area contributed by atoms with Crippen LogP contribution in [0.2, 0.25) is 5.02 Å². The van der Waals surface area contributed by atoms with Crippen LogP contribution in [-0.2, 0) is 0 Å². The van der Waals surface area contributed by atoms with Gasteiger partial charge in [0.05, 0.1) is 11.1 Å². The van der Waals surface area contributed by atoms with Gasteiger partial charge in [-0.15, -0.1) is 0 Å². The number of aliphatic hydroxyl groups is 1. The molecule has 0 fully saturated rings. The van der Waals surface area contributed by atoms with E-state index in [9.17, 15) is 9.50 Å². The molecule has 2 aromatic rings. The normalized spacial score (nSPS) is 12.3. The minimum absolute atomic E-state index is 0.275. The van der Waals surface area contributed by atoms with Gasteiger partial charge in [-0.1, -0.05) is 17.7 Å². The van der Waals surface area contributed by atoms with Crippen molar-refractivity contribution in [2.75, 3.05) is 0 Å². The lowest BCUT2D eigenvalue weighted by Gasteiger charge is -2.11. The van der Waals surface area contributed by atoms with Crippen molar-refractivity contribution in [3.63, 3.8) is 0 Å². The number of halogens is 2. The van der Waals surface area contributed by atoms with Gasteiger partial charge in [0.15, 0.2) is 0 Å². The van der Waals surface area contributed by atoms with Crippen LogP contribution in [0.4, 0.5) is 4.39 Å². The van der Waals surface area contributed by atoms with Crippen molar-refractivity contribution in [2.45, 2.75) is 20.0 Å². The molecule has 0 radical (unpaired) electrons. The number of benzene rings is 2. The molecule has 0 amide bonds. The van der Waals surface area contributed by atoms with Crippen molar-refractivity contribution in [1.29, 1.82) is 0 Å². The van der Waals surface area contributed by atoms with Crippen molar-refractivity contribution in [3.8, 4) is 11.5 Å². The van der Waals surface area contributed by atoms with Gasteiger partial charge in [0, 0.05) is 0 Å². The number of hydrogen-bond acceptors (Lipinski definition) is 2. The summed E-state index contributed by atoms with van der Waals surface area (Å²) in [5.41, 5.74) is 1.22. The summed E-state index contributed by atoms with van der Waals surface area (Å²) in [6.45, 7) is 3.33. The fraction of sp³-hybridized carbons (Fsp3) is 0.200. The Labute approximate surface area is 116 Å². The highest BCUT2D eigenvalue weighted by Gasteiger charge is 2.08. The summed E-state index contributed by atoms with van der Waals surface area (Å²) in [4.78, 5) is 0. The Morgan fingerprint density at radius 2 is 1.95 bits per heavy atom. The highest BCUT2D eigenvalue weighted by atomic mass is 35.5. The average molecular weight is 281 g/mol. The number of rotatable bonds is 3. The van der Waals surface area contributed by atoms with Crippen LogP contribution in [-0.4, -0.2) is 5.11 Å². The molecule has 0 aliphatic heterocycles. The lowest BCUT2D eigenvalue weighted by atomic mass is 10.1. The Hall–Kier alpha value is -1.58. The van der Waals surface area contributed by atoms with E-state index in [0.717, 1.165) is 0 Å². The summed E-state index contributed by atoms with van der Waals surface area (Å²) in [5, 5.41) is 9.86. The first-order valence-corrected chi connectivity index (χ1v) is 6.26. The maximum Gasteiger partial charge on any atom is 0.146 e. The zero-order chi connectivity index (χ0) is 14.0. The van der Waals surface area contributed by atoms with Gasteiger partial charge >= 0.3 is 0 Å². The summed E-state index contributed by atoms with van der Waals surface area (Å²) in [6.07, 6.45) is -0.584. The molecule has 0 saturated heterocycles. The lowest BCUT2D eigenvalue weighted by molar-refractivity contribution is 0.199. The SMILES string of the molecule is Cc1cc(Oc2ccc(C(C)O)cc2Cl)ccc1F. The molecule has 1 N–H and O–H groups in total. The topological polar surface area (TPSA) is 29.5 Å². The van der Waals surface area contributed by atoms with Crippen molar-refractivity contribution in [1.82, 2.24) is 0 Å². The largest absolute Gasteiger partial charge is 0.456 e. The summed E-state index contributed by atoms with van der Waals surface area (Å²) in [6, 6.07) is 9.57. The van der Waals surface area contributed by atoms with Gasteiger partial charge in [0.25, 0.3) is 0 Å². The fourth-order valence-electron chi connectivity index (χ4n) is 1.67. The monoisotopic (exact) mass is 280 g/mol. The Balaban J connectivity index is 2.25. The lowest BCUT2D eigenvalue weighted by Crippen LogP contribution is -1.93. The molecular weight excluding hydrogens is 267 g/mol. The van der Waals surface area contributed by atoms with Gasteiger partial charge in [-0.2, -0.15) is 0 Å². The molecule has 19 heavy (non-hydrogen) atoms. The molecule has 1 atom stereocenters. The van der Waals surface area contributed by atoms with Gasteiger partial charge in [0.1, 0.15) is 17.3 Å². The highest BCUT2D eigenvalue weighted by molar-refractivity contribution is 6.32. The molecule has 0 aromatic heterocycles.